The molecule has 0 fully saturated rings. The van der Waals surface area contributed by atoms with Crippen molar-refractivity contribution in [1.82, 2.24) is 0 Å². The lowest BCUT2D eigenvalue weighted by Crippen LogP contribution is -2.14. The molecule has 2 aromatic carbocycles. The topological polar surface area (TPSA) is 42.2 Å². The van der Waals surface area contributed by atoms with Crippen molar-refractivity contribution in [2.45, 2.75) is 13.1 Å². The maximum absolute atomic E-state index is 13.4. The smallest absolute Gasteiger partial charge is 0.416 e. The van der Waals surface area contributed by atoms with E-state index in [-0.39, 0.29) is 11.3 Å². The van der Waals surface area contributed by atoms with Crippen LogP contribution in [0.2, 0.25) is 0 Å². The number of benzene rings is 2. The van der Waals surface area contributed by atoms with Crippen LogP contribution in [0.5, 0.6) is 0 Å². The van der Waals surface area contributed by atoms with E-state index in [4.69, 9.17) is 4.42 Å². The van der Waals surface area contributed by atoms with Crippen LogP contribution < -0.4 is 5.32 Å². The summed E-state index contributed by atoms with van der Waals surface area (Å²) in [4.78, 5) is 12.4. The fraction of sp³-hybridized carbons (Fsp3) is 0.105. The van der Waals surface area contributed by atoms with Crippen molar-refractivity contribution in [3.8, 4) is 11.3 Å². The van der Waals surface area contributed by atoms with Crippen molar-refractivity contribution in [3.63, 3.8) is 0 Å². The van der Waals surface area contributed by atoms with E-state index in [9.17, 15) is 22.4 Å². The van der Waals surface area contributed by atoms with Crippen LogP contribution >= 0.6 is 0 Å². The molecule has 1 heterocycles. The number of furan rings is 1. The van der Waals surface area contributed by atoms with Gasteiger partial charge < -0.3 is 9.73 Å². The van der Waals surface area contributed by atoms with Crippen molar-refractivity contribution in [3.05, 3.63) is 77.3 Å². The van der Waals surface area contributed by atoms with Crippen LogP contribution in [-0.4, -0.2) is 5.91 Å². The van der Waals surface area contributed by atoms with Gasteiger partial charge in [0.05, 0.1) is 11.1 Å². The zero-order chi connectivity index (χ0) is 18.9. The molecule has 0 unspecified atom stereocenters. The minimum atomic E-state index is -4.71. The summed E-state index contributed by atoms with van der Waals surface area (Å²) in [6.07, 6.45) is -4.71. The quantitative estimate of drug-likeness (QED) is 0.610. The number of hydrogen-bond acceptors (Lipinski definition) is 2. The minimum absolute atomic E-state index is 0.154. The Bertz CT molecular complexity index is 946. The van der Waals surface area contributed by atoms with E-state index in [0.29, 0.717) is 23.7 Å². The molecule has 0 saturated carbocycles. The van der Waals surface area contributed by atoms with Crippen LogP contribution in [0.1, 0.15) is 21.7 Å². The summed E-state index contributed by atoms with van der Waals surface area (Å²) in [5, 5.41) is 2.28. The average Bonchev–Trinajstić information content (AvgIpc) is 2.96. The van der Waals surface area contributed by atoms with Gasteiger partial charge in [-0.05, 0) is 31.2 Å². The molecule has 0 bridgehead atoms. The summed E-state index contributed by atoms with van der Waals surface area (Å²) in [6, 6.07) is 12.4. The first-order valence-electron chi connectivity index (χ1n) is 7.59. The Kier molecular flexibility index (Phi) is 4.54. The highest BCUT2D eigenvalue weighted by Crippen LogP contribution is 2.32. The largest absolute Gasteiger partial charge is 0.461 e. The van der Waals surface area contributed by atoms with E-state index in [2.05, 4.69) is 5.32 Å². The Morgan fingerprint density at radius 2 is 1.73 bits per heavy atom. The van der Waals surface area contributed by atoms with E-state index < -0.39 is 23.5 Å². The van der Waals surface area contributed by atoms with Gasteiger partial charge in [0.25, 0.3) is 5.91 Å². The predicted molar refractivity (Wildman–Crippen MR) is 88.2 cm³/mol. The number of nitrogens with one attached hydrogen (secondary N) is 1. The lowest BCUT2D eigenvalue weighted by molar-refractivity contribution is -0.137. The number of amides is 1. The monoisotopic (exact) mass is 363 g/mol. The van der Waals surface area contributed by atoms with Gasteiger partial charge in [0, 0.05) is 11.3 Å². The summed E-state index contributed by atoms with van der Waals surface area (Å²) < 4.78 is 57.3. The number of aryl methyl sites for hydroxylation is 1. The molecular weight excluding hydrogens is 350 g/mol. The Morgan fingerprint density at radius 1 is 1.04 bits per heavy atom. The summed E-state index contributed by atoms with van der Waals surface area (Å²) in [5.74, 6) is -1.03. The Morgan fingerprint density at radius 3 is 2.38 bits per heavy atom. The molecule has 0 aliphatic heterocycles. The maximum atomic E-state index is 13.4. The van der Waals surface area contributed by atoms with Crippen LogP contribution in [0, 0.1) is 12.7 Å². The predicted octanol–water partition coefficient (Wildman–Crippen LogP) is 5.67. The van der Waals surface area contributed by atoms with Crippen molar-refractivity contribution < 1.29 is 26.8 Å². The Balaban J connectivity index is 1.88. The van der Waals surface area contributed by atoms with Gasteiger partial charge in [-0.25, -0.2) is 4.39 Å². The molecule has 1 aromatic heterocycles. The first kappa shape index (κ1) is 17.7. The first-order chi connectivity index (χ1) is 12.2. The summed E-state index contributed by atoms with van der Waals surface area (Å²) >= 11 is 0. The van der Waals surface area contributed by atoms with Crippen LogP contribution in [0.15, 0.2) is 59.0 Å². The highest BCUT2D eigenvalue weighted by Gasteiger charge is 2.31. The molecule has 1 N–H and O–H groups in total. The van der Waals surface area contributed by atoms with Gasteiger partial charge in [0.2, 0.25) is 0 Å². The van der Waals surface area contributed by atoms with E-state index in [1.54, 1.807) is 31.2 Å². The molecule has 3 rings (SSSR count). The number of halogens is 4. The van der Waals surface area contributed by atoms with E-state index in [1.807, 2.05) is 6.07 Å². The summed E-state index contributed by atoms with van der Waals surface area (Å²) in [5.41, 5.74) is -0.563. The van der Waals surface area contributed by atoms with Crippen LogP contribution in [0.3, 0.4) is 0 Å². The molecule has 0 aliphatic rings. The van der Waals surface area contributed by atoms with Gasteiger partial charge in [0.1, 0.15) is 17.3 Å². The standard InChI is InChI=1S/C19H13F4NO2/c1-11-16(10-17(26-11)12-5-3-2-4-6-12)18(25)24-15-8-13(19(21,22)23)7-14(20)9-15/h2-10H,1H3,(H,24,25). The zero-order valence-electron chi connectivity index (χ0n) is 13.5. The molecular formula is C19H13F4NO2. The second kappa shape index (κ2) is 6.67. The molecule has 3 aromatic rings. The molecule has 0 radical (unpaired) electrons. The van der Waals surface area contributed by atoms with Gasteiger partial charge in [-0.3, -0.25) is 4.79 Å². The second-order valence-electron chi connectivity index (χ2n) is 5.63. The third-order valence-corrected chi connectivity index (χ3v) is 3.70. The fourth-order valence-electron chi connectivity index (χ4n) is 2.48. The van der Waals surface area contributed by atoms with Crippen molar-refractivity contribution in [1.29, 1.82) is 0 Å². The summed E-state index contributed by atoms with van der Waals surface area (Å²) in [7, 11) is 0. The zero-order valence-corrected chi connectivity index (χ0v) is 13.5. The molecule has 0 atom stereocenters. The van der Waals surface area contributed by atoms with Crippen LogP contribution in [0.4, 0.5) is 23.2 Å². The van der Waals surface area contributed by atoms with E-state index in [1.165, 1.54) is 6.07 Å². The minimum Gasteiger partial charge on any atom is -0.461 e. The molecule has 0 spiro atoms. The highest BCUT2D eigenvalue weighted by molar-refractivity contribution is 6.05. The number of carbonyl (C=O) groups is 1. The lowest BCUT2D eigenvalue weighted by Gasteiger charge is -2.10. The first-order valence-corrected chi connectivity index (χ1v) is 7.59. The third-order valence-electron chi connectivity index (χ3n) is 3.70. The SMILES string of the molecule is Cc1oc(-c2ccccc2)cc1C(=O)Nc1cc(F)cc(C(F)(F)F)c1. The van der Waals surface area contributed by atoms with Crippen molar-refractivity contribution >= 4 is 11.6 Å². The normalized spacial score (nSPS) is 11.4. The fourth-order valence-corrected chi connectivity index (χ4v) is 2.48. The van der Waals surface area contributed by atoms with Gasteiger partial charge in [-0.2, -0.15) is 13.2 Å². The lowest BCUT2D eigenvalue weighted by atomic mass is 10.1. The molecule has 0 aliphatic carbocycles. The van der Waals surface area contributed by atoms with Gasteiger partial charge in [-0.15, -0.1) is 0 Å². The molecule has 26 heavy (non-hydrogen) atoms. The van der Waals surface area contributed by atoms with Gasteiger partial charge in [-0.1, -0.05) is 30.3 Å². The second-order valence-corrected chi connectivity index (χ2v) is 5.63. The molecule has 7 heteroatoms. The number of anilines is 1. The van der Waals surface area contributed by atoms with Crippen LogP contribution in [-0.2, 0) is 6.18 Å². The Hall–Kier alpha value is -3.09. The van der Waals surface area contributed by atoms with Gasteiger partial charge >= 0.3 is 6.18 Å². The van der Waals surface area contributed by atoms with Crippen molar-refractivity contribution in [2.24, 2.45) is 0 Å². The molecule has 1 amide bonds. The number of alkyl halides is 3. The van der Waals surface area contributed by atoms with Crippen LogP contribution in [0.25, 0.3) is 11.3 Å². The number of hydrogen-bond donors (Lipinski definition) is 1. The molecule has 3 nitrogen and oxygen atoms in total. The molecule has 134 valence electrons. The van der Waals surface area contributed by atoms with E-state index in [0.717, 1.165) is 11.6 Å². The Labute approximate surface area is 146 Å². The highest BCUT2D eigenvalue weighted by atomic mass is 19.4. The third kappa shape index (κ3) is 3.77. The summed E-state index contributed by atoms with van der Waals surface area (Å²) in [6.45, 7) is 1.56. The molecule has 0 saturated heterocycles. The van der Waals surface area contributed by atoms with Gasteiger partial charge in [0.15, 0.2) is 0 Å². The maximum Gasteiger partial charge on any atom is 0.416 e. The van der Waals surface area contributed by atoms with Crippen molar-refractivity contribution in [2.75, 3.05) is 5.32 Å². The average molecular weight is 363 g/mol. The van der Waals surface area contributed by atoms with E-state index >= 15 is 0 Å². The number of rotatable bonds is 3. The number of carbonyl (C=O) groups excluding carboxylic acids is 1.